The Kier molecular flexibility index (Phi) is 7.33. The third kappa shape index (κ3) is 5.07. The number of anilines is 2. The third-order valence-corrected chi connectivity index (χ3v) is 6.16. The first-order valence-electron chi connectivity index (χ1n) is 11.9. The first-order valence-corrected chi connectivity index (χ1v) is 11.9. The van der Waals surface area contributed by atoms with Crippen molar-refractivity contribution < 1.29 is 14.3 Å². The standard InChI is InChI=1S/C26H31N7O3/c1-15-6-5-9-36-25(29-4)19(13-27)21-11-18(10-16(2)30-21)24(35)32-26-31-20-8-7-17(23(34)28-3)12-22(20)33(26)14-15/h7-8,10-13,15,27,29H,5-6,9,14H2,1-4H3,(H,28,34)(H,31,32,35)/b25-19-,27-13?/t15-/m1/s1. The predicted octanol–water partition coefficient (Wildman–Crippen LogP) is 3.16. The molecule has 36 heavy (non-hydrogen) atoms. The lowest BCUT2D eigenvalue weighted by molar-refractivity contribution is 0.0961. The molecular weight excluding hydrogens is 458 g/mol. The topological polar surface area (TPSA) is 132 Å². The van der Waals surface area contributed by atoms with Crippen molar-refractivity contribution in [3.63, 3.8) is 0 Å². The molecule has 0 fully saturated rings. The Bertz CT molecular complexity index is 1270. The van der Waals surface area contributed by atoms with E-state index in [4.69, 9.17) is 10.1 Å². The molecule has 2 bridgehead atoms. The van der Waals surface area contributed by atoms with Gasteiger partial charge in [0.1, 0.15) is 0 Å². The summed E-state index contributed by atoms with van der Waals surface area (Å²) >= 11 is 0. The lowest BCUT2D eigenvalue weighted by atomic mass is 10.0. The number of allylic oxidation sites excluding steroid dienone is 1. The van der Waals surface area contributed by atoms with Crippen molar-refractivity contribution in [3.8, 4) is 0 Å². The van der Waals surface area contributed by atoms with Gasteiger partial charge in [-0.15, -0.1) is 0 Å². The molecule has 3 heterocycles. The van der Waals surface area contributed by atoms with Crippen LogP contribution in [0.15, 0.2) is 41.2 Å². The van der Waals surface area contributed by atoms with Gasteiger partial charge in [0, 0.05) is 43.7 Å². The average Bonchev–Trinajstić information content (AvgIpc) is 3.20. The fourth-order valence-corrected chi connectivity index (χ4v) is 4.36. The maximum atomic E-state index is 13.3. The fraction of sp³-hybridized carbons (Fsp3) is 0.346. The molecule has 2 aromatic rings. The molecule has 2 aliphatic rings. The van der Waals surface area contributed by atoms with Crippen molar-refractivity contribution in [2.24, 2.45) is 10.9 Å². The zero-order chi connectivity index (χ0) is 25.8. The van der Waals surface area contributed by atoms with Crippen LogP contribution in [0.25, 0.3) is 5.57 Å². The molecule has 2 aliphatic heterocycles. The summed E-state index contributed by atoms with van der Waals surface area (Å²) in [5.41, 5.74) is 4.00. The largest absolute Gasteiger partial charge is 0.479 e. The first-order chi connectivity index (χ1) is 17.3. The summed E-state index contributed by atoms with van der Waals surface area (Å²) in [6.45, 7) is 4.99. The molecule has 1 aromatic heterocycles. The van der Waals surface area contributed by atoms with Crippen LogP contribution in [0, 0.1) is 18.3 Å². The highest BCUT2D eigenvalue weighted by molar-refractivity contribution is 6.20. The molecule has 0 radical (unpaired) electrons. The number of aryl methyl sites for hydroxylation is 1. The Morgan fingerprint density at radius 1 is 1.28 bits per heavy atom. The summed E-state index contributed by atoms with van der Waals surface area (Å²) < 4.78 is 5.97. The smallest absolute Gasteiger partial charge is 0.280 e. The molecule has 0 unspecified atom stereocenters. The molecule has 0 aliphatic carbocycles. The first kappa shape index (κ1) is 24.9. The number of nitrogens with zero attached hydrogens (tertiary/aromatic N) is 3. The average molecular weight is 490 g/mol. The van der Waals surface area contributed by atoms with Gasteiger partial charge in [0.15, 0.2) is 5.88 Å². The van der Waals surface area contributed by atoms with Crippen molar-refractivity contribution in [2.45, 2.75) is 26.7 Å². The molecule has 1 aromatic carbocycles. The number of guanidine groups is 1. The molecule has 2 amide bonds. The van der Waals surface area contributed by atoms with Gasteiger partial charge in [-0.1, -0.05) is 6.92 Å². The van der Waals surface area contributed by atoms with Crippen LogP contribution in [0.4, 0.5) is 11.4 Å². The quantitative estimate of drug-likeness (QED) is 0.487. The van der Waals surface area contributed by atoms with Crippen molar-refractivity contribution in [3.05, 3.63) is 58.7 Å². The van der Waals surface area contributed by atoms with Crippen molar-refractivity contribution >= 4 is 40.9 Å². The van der Waals surface area contributed by atoms with Crippen LogP contribution in [-0.2, 0) is 4.74 Å². The van der Waals surface area contributed by atoms with Crippen LogP contribution in [0.2, 0.25) is 0 Å². The molecule has 4 rings (SSSR count). The van der Waals surface area contributed by atoms with Gasteiger partial charge in [-0.25, -0.2) is 0 Å². The van der Waals surface area contributed by atoms with Gasteiger partial charge < -0.3 is 31.0 Å². The third-order valence-electron chi connectivity index (χ3n) is 6.16. The SMILES string of the molecule is CNC(=O)c1ccc2c(c1)N1C[C@H](C)CCCO/C(NC)=C(/C=N)c3cc(cc(C)n3)C(=O)/N=C/1N2. The molecule has 10 heteroatoms. The van der Waals surface area contributed by atoms with Gasteiger partial charge in [0.05, 0.1) is 29.2 Å². The zero-order valence-electron chi connectivity index (χ0n) is 20.9. The van der Waals surface area contributed by atoms with E-state index in [0.29, 0.717) is 53.1 Å². The van der Waals surface area contributed by atoms with Gasteiger partial charge in [0.25, 0.3) is 11.8 Å². The lowest BCUT2D eigenvalue weighted by Crippen LogP contribution is -2.35. The van der Waals surface area contributed by atoms with Gasteiger partial charge >= 0.3 is 0 Å². The highest BCUT2D eigenvalue weighted by Crippen LogP contribution is 2.35. The zero-order valence-corrected chi connectivity index (χ0v) is 20.9. The van der Waals surface area contributed by atoms with Gasteiger partial charge in [0.2, 0.25) is 5.96 Å². The molecular formula is C26H31N7O3. The van der Waals surface area contributed by atoms with E-state index in [1.807, 2.05) is 17.0 Å². The summed E-state index contributed by atoms with van der Waals surface area (Å²) in [5, 5.41) is 16.9. The van der Waals surface area contributed by atoms with E-state index in [1.54, 1.807) is 39.2 Å². The van der Waals surface area contributed by atoms with E-state index in [1.165, 1.54) is 6.21 Å². The van der Waals surface area contributed by atoms with Crippen LogP contribution >= 0.6 is 0 Å². The Balaban J connectivity index is 1.81. The van der Waals surface area contributed by atoms with E-state index in [0.717, 1.165) is 24.2 Å². The van der Waals surface area contributed by atoms with Crippen LogP contribution in [0.5, 0.6) is 0 Å². The van der Waals surface area contributed by atoms with Crippen molar-refractivity contribution in [2.75, 3.05) is 37.5 Å². The highest BCUT2D eigenvalue weighted by atomic mass is 16.5. The molecule has 10 nitrogen and oxygen atoms in total. The maximum absolute atomic E-state index is 13.3. The minimum atomic E-state index is -0.438. The Morgan fingerprint density at radius 2 is 2.08 bits per heavy atom. The summed E-state index contributed by atoms with van der Waals surface area (Å²) in [6.07, 6.45) is 2.83. The number of hydrogen-bond acceptors (Lipinski definition) is 8. The van der Waals surface area contributed by atoms with Crippen molar-refractivity contribution in [1.29, 1.82) is 5.41 Å². The maximum Gasteiger partial charge on any atom is 0.280 e. The number of carbonyl (C=O) groups excluding carboxylic acids is 2. The Morgan fingerprint density at radius 3 is 2.81 bits per heavy atom. The highest BCUT2D eigenvalue weighted by Gasteiger charge is 2.29. The number of aliphatic imine (C=N–C) groups is 1. The number of benzene rings is 1. The summed E-state index contributed by atoms with van der Waals surface area (Å²) in [6, 6.07) is 8.68. The van der Waals surface area contributed by atoms with Gasteiger partial charge in [-0.2, -0.15) is 4.99 Å². The van der Waals surface area contributed by atoms with E-state index >= 15 is 0 Å². The van der Waals surface area contributed by atoms with Crippen LogP contribution in [0.1, 0.15) is 51.9 Å². The van der Waals surface area contributed by atoms with Crippen LogP contribution in [0.3, 0.4) is 0 Å². The minimum absolute atomic E-state index is 0.183. The fourth-order valence-electron chi connectivity index (χ4n) is 4.36. The second kappa shape index (κ2) is 10.6. The predicted molar refractivity (Wildman–Crippen MR) is 141 cm³/mol. The normalized spacial score (nSPS) is 21.4. The second-order valence-corrected chi connectivity index (χ2v) is 8.90. The Hall–Kier alpha value is -4.21. The minimum Gasteiger partial charge on any atom is -0.479 e. The molecule has 188 valence electrons. The number of aromatic nitrogens is 1. The van der Waals surface area contributed by atoms with E-state index in [9.17, 15) is 9.59 Å². The number of ether oxygens (including phenoxy) is 1. The van der Waals surface area contributed by atoms with E-state index < -0.39 is 5.91 Å². The monoisotopic (exact) mass is 489 g/mol. The van der Waals surface area contributed by atoms with Crippen LogP contribution < -0.4 is 20.9 Å². The van der Waals surface area contributed by atoms with Gasteiger partial charge in [-0.05, 0) is 56.0 Å². The molecule has 0 saturated carbocycles. The van der Waals surface area contributed by atoms with E-state index in [2.05, 4.69) is 32.9 Å². The Labute approximate surface area is 210 Å². The second-order valence-electron chi connectivity index (χ2n) is 8.90. The molecule has 4 N–H and O–H groups in total. The van der Waals surface area contributed by atoms with Gasteiger partial charge in [-0.3, -0.25) is 14.6 Å². The van der Waals surface area contributed by atoms with Crippen LogP contribution in [-0.4, -0.2) is 56.2 Å². The van der Waals surface area contributed by atoms with E-state index in [-0.39, 0.29) is 11.8 Å². The summed E-state index contributed by atoms with van der Waals surface area (Å²) in [4.78, 5) is 36.5. The number of hydrogen-bond donors (Lipinski definition) is 4. The summed E-state index contributed by atoms with van der Waals surface area (Å²) in [5.74, 6) is 0.472. The molecule has 0 spiro atoms. The number of pyridine rings is 1. The number of amides is 2. The number of fused-ring (bicyclic) bond motifs is 5. The molecule has 0 saturated heterocycles. The number of carbonyl (C=O) groups is 2. The number of nitrogens with one attached hydrogen (secondary N) is 4. The summed E-state index contributed by atoms with van der Waals surface area (Å²) in [7, 11) is 3.32. The lowest BCUT2D eigenvalue weighted by Gasteiger charge is -2.23. The number of rotatable bonds is 3. The van der Waals surface area contributed by atoms with Crippen molar-refractivity contribution in [1.82, 2.24) is 15.6 Å². The molecule has 1 atom stereocenters.